The van der Waals surface area contributed by atoms with Crippen LogP contribution in [-0.4, -0.2) is 88.1 Å². The normalized spacial score (nSPS) is 18.7. The van der Waals surface area contributed by atoms with Gasteiger partial charge in [0, 0.05) is 39.8 Å². The van der Waals surface area contributed by atoms with E-state index in [1.54, 1.807) is 19.2 Å². The Kier molecular flexibility index (Phi) is 11.6. The van der Waals surface area contributed by atoms with Crippen LogP contribution in [0.3, 0.4) is 0 Å². The fourth-order valence-electron chi connectivity index (χ4n) is 3.02. The number of anilines is 2. The van der Waals surface area contributed by atoms with Gasteiger partial charge in [-0.15, -0.1) is 0 Å². The number of aliphatic imine (C=N–C) groups is 1. The number of rotatable bonds is 5. The molecule has 0 aliphatic carbocycles. The number of amides is 2. The minimum atomic E-state index is -0.408. The Hall–Kier alpha value is -2.68. The van der Waals surface area contributed by atoms with Crippen LogP contribution in [0.2, 0.25) is 0 Å². The summed E-state index contributed by atoms with van der Waals surface area (Å²) in [6, 6.07) is 4.97. The van der Waals surface area contributed by atoms with Crippen molar-refractivity contribution in [3.05, 3.63) is 24.0 Å². The fourth-order valence-corrected chi connectivity index (χ4v) is 3.02. The number of carbonyl (C=O) groups excluding carboxylic acids is 2. The number of carbonyl (C=O) groups is 2. The minimum Gasteiger partial charge on any atom is -0.444 e. The highest BCUT2D eigenvalue weighted by atomic mass is 19.1. The number of hydrogen-bond donors (Lipinski definition) is 0. The second-order valence-electron chi connectivity index (χ2n) is 7.12. The van der Waals surface area contributed by atoms with Crippen LogP contribution in [0.5, 0.6) is 0 Å². The minimum absolute atomic E-state index is 0.155. The summed E-state index contributed by atoms with van der Waals surface area (Å²) in [6.45, 7) is 12.4. The monoisotopic (exact) mass is 437 g/mol. The van der Waals surface area contributed by atoms with Crippen LogP contribution in [0.15, 0.2) is 23.2 Å². The van der Waals surface area contributed by atoms with E-state index in [2.05, 4.69) is 16.9 Å². The van der Waals surface area contributed by atoms with Crippen molar-refractivity contribution >= 4 is 30.2 Å². The lowest BCUT2D eigenvalue weighted by Crippen LogP contribution is -2.44. The van der Waals surface area contributed by atoms with Gasteiger partial charge >= 0.3 is 6.09 Å². The summed E-state index contributed by atoms with van der Waals surface area (Å²) in [5.74, 6) is -0.288. The first-order valence-corrected chi connectivity index (χ1v) is 10.7. The molecule has 0 saturated carbocycles. The van der Waals surface area contributed by atoms with E-state index in [9.17, 15) is 14.0 Å². The maximum absolute atomic E-state index is 14.4. The van der Waals surface area contributed by atoms with Crippen LogP contribution in [0.25, 0.3) is 0 Å². The number of cyclic esters (lactones) is 1. The first-order chi connectivity index (χ1) is 14.8. The van der Waals surface area contributed by atoms with Crippen molar-refractivity contribution in [3.8, 4) is 0 Å². The number of ether oxygens (including phenoxy) is 1. The van der Waals surface area contributed by atoms with Gasteiger partial charge in [0.15, 0.2) is 0 Å². The fraction of sp³-hybridized carbons (Fsp3) is 0.591. The Bertz CT molecular complexity index is 723. The van der Waals surface area contributed by atoms with Crippen LogP contribution in [0.4, 0.5) is 20.6 Å². The van der Waals surface area contributed by atoms with E-state index in [0.717, 1.165) is 32.7 Å². The molecular formula is C22H36FN5O3. The SMILES string of the molecule is CC.CC1CN(c2ccc(N3CCN(C)CC3)c(F)c2)C(=O)O1.CCN=CN(C)C=O. The number of halogens is 1. The van der Waals surface area contributed by atoms with E-state index in [1.807, 2.05) is 32.6 Å². The number of piperazine rings is 1. The summed E-state index contributed by atoms with van der Waals surface area (Å²) in [7, 11) is 3.71. The molecule has 2 heterocycles. The summed E-state index contributed by atoms with van der Waals surface area (Å²) >= 11 is 0. The maximum atomic E-state index is 14.4. The summed E-state index contributed by atoms with van der Waals surface area (Å²) in [5.41, 5.74) is 1.16. The molecule has 0 spiro atoms. The van der Waals surface area contributed by atoms with Crippen LogP contribution < -0.4 is 9.80 Å². The Morgan fingerprint density at radius 1 is 1.26 bits per heavy atom. The molecule has 0 radical (unpaired) electrons. The lowest BCUT2D eigenvalue weighted by atomic mass is 10.2. The first-order valence-electron chi connectivity index (χ1n) is 10.7. The number of nitrogens with zero attached hydrogens (tertiary/aromatic N) is 5. The van der Waals surface area contributed by atoms with Crippen molar-refractivity contribution in [2.24, 2.45) is 4.99 Å². The second kappa shape index (κ2) is 13.6. The van der Waals surface area contributed by atoms with Gasteiger partial charge in [0.05, 0.1) is 24.3 Å². The smallest absolute Gasteiger partial charge is 0.414 e. The summed E-state index contributed by atoms with van der Waals surface area (Å²) < 4.78 is 19.5. The predicted molar refractivity (Wildman–Crippen MR) is 124 cm³/mol. The summed E-state index contributed by atoms with van der Waals surface area (Å²) in [6.07, 6.45) is 1.64. The van der Waals surface area contributed by atoms with Crippen LogP contribution in [0, 0.1) is 5.82 Å². The quantitative estimate of drug-likeness (QED) is 0.402. The van der Waals surface area contributed by atoms with E-state index in [4.69, 9.17) is 4.74 Å². The standard InChI is InChI=1S/C15H20FN3O2.C5H10N2O.C2H6/c1-11-10-19(15(20)21-11)12-3-4-14(13(16)9-12)18-7-5-17(2)6-8-18;1-3-6-4-7(2)5-8;1-2/h3-4,9,11H,5-8,10H2,1-2H3;4-5H,3H2,1-2H3;1-2H3. The van der Waals surface area contributed by atoms with Gasteiger partial charge in [-0.05, 0) is 39.1 Å². The average Bonchev–Trinajstić information content (AvgIpc) is 3.12. The van der Waals surface area contributed by atoms with E-state index in [-0.39, 0.29) is 11.9 Å². The molecule has 2 fully saturated rings. The molecular weight excluding hydrogens is 401 g/mol. The zero-order valence-electron chi connectivity index (χ0n) is 19.5. The number of benzene rings is 1. The Labute approximate surface area is 185 Å². The molecule has 1 atom stereocenters. The molecule has 1 aromatic carbocycles. The van der Waals surface area contributed by atoms with E-state index < -0.39 is 6.09 Å². The van der Waals surface area contributed by atoms with Crippen molar-refractivity contribution in [1.29, 1.82) is 0 Å². The van der Waals surface area contributed by atoms with E-state index >= 15 is 0 Å². The lowest BCUT2D eigenvalue weighted by Gasteiger charge is -2.34. The summed E-state index contributed by atoms with van der Waals surface area (Å²) in [5, 5.41) is 0. The lowest BCUT2D eigenvalue weighted by molar-refractivity contribution is -0.113. The molecule has 8 nitrogen and oxygen atoms in total. The zero-order valence-corrected chi connectivity index (χ0v) is 19.5. The van der Waals surface area contributed by atoms with Gasteiger partial charge in [0.1, 0.15) is 11.9 Å². The van der Waals surface area contributed by atoms with Crippen molar-refractivity contribution in [2.45, 2.75) is 33.8 Å². The van der Waals surface area contributed by atoms with Crippen molar-refractivity contribution in [1.82, 2.24) is 9.80 Å². The molecule has 2 aliphatic rings. The predicted octanol–water partition coefficient (Wildman–Crippen LogP) is 3.07. The van der Waals surface area contributed by atoms with Crippen molar-refractivity contribution in [2.75, 3.05) is 63.2 Å². The molecule has 9 heteroatoms. The van der Waals surface area contributed by atoms with Gasteiger partial charge in [-0.25, -0.2) is 9.18 Å². The third kappa shape index (κ3) is 8.16. The van der Waals surface area contributed by atoms with Gasteiger partial charge in [-0.3, -0.25) is 14.7 Å². The first kappa shape index (κ1) is 26.4. The van der Waals surface area contributed by atoms with Crippen molar-refractivity contribution in [3.63, 3.8) is 0 Å². The second-order valence-corrected chi connectivity index (χ2v) is 7.12. The average molecular weight is 438 g/mol. The third-order valence-corrected chi connectivity index (χ3v) is 4.66. The Morgan fingerprint density at radius 3 is 2.39 bits per heavy atom. The molecule has 2 saturated heterocycles. The number of hydrogen-bond acceptors (Lipinski definition) is 6. The topological polar surface area (TPSA) is 68.7 Å². The van der Waals surface area contributed by atoms with Crippen molar-refractivity contribution < 1.29 is 18.7 Å². The number of likely N-dealkylation sites (N-methyl/N-ethyl adjacent to an activating group) is 1. The van der Waals surface area contributed by atoms with E-state index in [1.165, 1.54) is 22.2 Å². The zero-order chi connectivity index (χ0) is 23.4. The summed E-state index contributed by atoms with van der Waals surface area (Å²) in [4.78, 5) is 32.5. The molecule has 1 unspecified atom stereocenters. The van der Waals surface area contributed by atoms with Crippen LogP contribution in [-0.2, 0) is 9.53 Å². The molecule has 1 aromatic rings. The van der Waals surface area contributed by atoms with Gasteiger partial charge in [0.2, 0.25) is 6.41 Å². The van der Waals surface area contributed by atoms with Gasteiger partial charge in [-0.2, -0.15) is 0 Å². The largest absolute Gasteiger partial charge is 0.444 e. The molecule has 0 aromatic heterocycles. The van der Waals surface area contributed by atoms with Gasteiger partial charge in [0.25, 0.3) is 0 Å². The Balaban J connectivity index is 0.000000409. The van der Waals surface area contributed by atoms with Crippen LogP contribution >= 0.6 is 0 Å². The highest BCUT2D eigenvalue weighted by Crippen LogP contribution is 2.28. The van der Waals surface area contributed by atoms with E-state index in [0.29, 0.717) is 24.3 Å². The molecule has 31 heavy (non-hydrogen) atoms. The molecule has 174 valence electrons. The molecule has 0 N–H and O–H groups in total. The van der Waals surface area contributed by atoms with Gasteiger partial charge in [-0.1, -0.05) is 13.8 Å². The van der Waals surface area contributed by atoms with Crippen LogP contribution in [0.1, 0.15) is 27.7 Å². The van der Waals surface area contributed by atoms with Gasteiger partial charge < -0.3 is 19.4 Å². The highest BCUT2D eigenvalue weighted by Gasteiger charge is 2.30. The Morgan fingerprint density at radius 2 is 1.90 bits per heavy atom. The molecule has 0 bridgehead atoms. The third-order valence-electron chi connectivity index (χ3n) is 4.66. The maximum Gasteiger partial charge on any atom is 0.414 e. The molecule has 3 rings (SSSR count). The molecule has 2 aliphatic heterocycles. The molecule has 2 amide bonds. The highest BCUT2D eigenvalue weighted by molar-refractivity contribution is 5.90.